The standard InChI is InChI=1S/C26H38O5/c1-23(2,3)22(29)31-15-21(28)26(30)13-10-20-18-7-6-16-14-17(27)8-11-24(16,4)19(18)9-12-25(20,26)5/h14,18-20,30H,6-13,15H2,1-5H3/t18-,19+,20-,24+,25+,26+/m1/s1. The Morgan fingerprint density at radius 3 is 2.42 bits per heavy atom. The predicted octanol–water partition coefficient (Wildman–Crippen LogP) is 4.41. The van der Waals surface area contributed by atoms with Crippen LogP contribution < -0.4 is 0 Å². The van der Waals surface area contributed by atoms with Gasteiger partial charge in [-0.1, -0.05) is 19.4 Å². The Morgan fingerprint density at radius 2 is 1.74 bits per heavy atom. The van der Waals surface area contributed by atoms with E-state index in [4.69, 9.17) is 4.74 Å². The lowest BCUT2D eigenvalue weighted by molar-refractivity contribution is -0.172. The normalized spacial score (nSPS) is 42.2. The van der Waals surface area contributed by atoms with Crippen molar-refractivity contribution in [3.05, 3.63) is 11.6 Å². The predicted molar refractivity (Wildman–Crippen MR) is 117 cm³/mol. The second-order valence-electron chi connectivity index (χ2n) is 12.1. The molecule has 5 nitrogen and oxygen atoms in total. The highest BCUT2D eigenvalue weighted by Gasteiger charge is 2.66. The highest BCUT2D eigenvalue weighted by atomic mass is 16.5. The third-order valence-corrected chi connectivity index (χ3v) is 9.52. The molecule has 0 aliphatic heterocycles. The monoisotopic (exact) mass is 430 g/mol. The van der Waals surface area contributed by atoms with Crippen molar-refractivity contribution in [2.75, 3.05) is 6.61 Å². The zero-order valence-electron chi connectivity index (χ0n) is 19.8. The average Bonchev–Trinajstić information content (AvgIpc) is 2.98. The summed E-state index contributed by atoms with van der Waals surface area (Å²) >= 11 is 0. The minimum Gasteiger partial charge on any atom is -0.457 e. The lowest BCUT2D eigenvalue weighted by Crippen LogP contribution is -2.58. The number of carbonyl (C=O) groups is 3. The van der Waals surface area contributed by atoms with Crippen molar-refractivity contribution in [2.45, 2.75) is 91.6 Å². The molecule has 1 N–H and O–H groups in total. The van der Waals surface area contributed by atoms with Gasteiger partial charge in [0.1, 0.15) is 5.60 Å². The number of aliphatic hydroxyl groups is 1. The first kappa shape index (κ1) is 22.7. The van der Waals surface area contributed by atoms with Gasteiger partial charge < -0.3 is 9.84 Å². The number of fused-ring (bicyclic) bond motifs is 5. The van der Waals surface area contributed by atoms with E-state index in [-0.39, 0.29) is 29.5 Å². The van der Waals surface area contributed by atoms with Gasteiger partial charge in [0, 0.05) is 11.8 Å². The molecule has 0 unspecified atom stereocenters. The Bertz CT molecular complexity index is 835. The van der Waals surface area contributed by atoms with Gasteiger partial charge >= 0.3 is 5.97 Å². The summed E-state index contributed by atoms with van der Waals surface area (Å²) < 4.78 is 5.29. The average molecular weight is 431 g/mol. The van der Waals surface area contributed by atoms with Crippen molar-refractivity contribution < 1.29 is 24.2 Å². The van der Waals surface area contributed by atoms with Crippen molar-refractivity contribution >= 4 is 17.5 Å². The van der Waals surface area contributed by atoms with Gasteiger partial charge in [-0.3, -0.25) is 14.4 Å². The summed E-state index contributed by atoms with van der Waals surface area (Å²) in [4.78, 5) is 37.3. The summed E-state index contributed by atoms with van der Waals surface area (Å²) in [6, 6.07) is 0. The van der Waals surface area contributed by atoms with E-state index in [9.17, 15) is 19.5 Å². The second kappa shape index (κ2) is 7.26. The molecule has 4 rings (SSSR count). The van der Waals surface area contributed by atoms with Crippen molar-refractivity contribution in [3.63, 3.8) is 0 Å². The van der Waals surface area contributed by atoms with Gasteiger partial charge in [-0.2, -0.15) is 0 Å². The summed E-state index contributed by atoms with van der Waals surface area (Å²) in [6.07, 6.45) is 8.49. The van der Waals surface area contributed by atoms with Crippen molar-refractivity contribution in [3.8, 4) is 0 Å². The van der Waals surface area contributed by atoms with Crippen LogP contribution in [-0.2, 0) is 19.1 Å². The maximum Gasteiger partial charge on any atom is 0.311 e. The quantitative estimate of drug-likeness (QED) is 0.671. The molecule has 0 spiro atoms. The SMILES string of the molecule is CC(C)(C)C(=O)OCC(=O)[C@@]1(O)CC[C@@H]2[C@@H]3CCC4=CC(=O)CC[C@]4(C)[C@H]3CC[C@@]21C. The summed E-state index contributed by atoms with van der Waals surface area (Å²) in [7, 11) is 0. The van der Waals surface area contributed by atoms with E-state index in [2.05, 4.69) is 13.8 Å². The van der Waals surface area contributed by atoms with E-state index in [1.807, 2.05) is 6.08 Å². The molecule has 0 heterocycles. The number of esters is 1. The maximum atomic E-state index is 13.2. The fourth-order valence-corrected chi connectivity index (χ4v) is 7.50. The maximum absolute atomic E-state index is 13.2. The summed E-state index contributed by atoms with van der Waals surface area (Å²) in [6.45, 7) is 9.34. The number of ketones is 2. The van der Waals surface area contributed by atoms with Crippen molar-refractivity contribution in [1.82, 2.24) is 0 Å². The second-order valence-corrected chi connectivity index (χ2v) is 12.1. The molecule has 31 heavy (non-hydrogen) atoms. The topological polar surface area (TPSA) is 80.7 Å². The molecule has 0 aromatic rings. The fourth-order valence-electron chi connectivity index (χ4n) is 7.50. The van der Waals surface area contributed by atoms with Gasteiger partial charge in [-0.25, -0.2) is 0 Å². The van der Waals surface area contributed by atoms with Crippen LogP contribution in [0.5, 0.6) is 0 Å². The number of hydrogen-bond donors (Lipinski definition) is 1. The molecule has 0 aromatic heterocycles. The highest BCUT2D eigenvalue weighted by molar-refractivity contribution is 5.92. The number of hydrogen-bond acceptors (Lipinski definition) is 5. The van der Waals surface area contributed by atoms with Gasteiger partial charge in [0.15, 0.2) is 12.4 Å². The van der Waals surface area contributed by atoms with Crippen LogP contribution in [-0.4, -0.2) is 34.9 Å². The van der Waals surface area contributed by atoms with Crippen LogP contribution in [0.2, 0.25) is 0 Å². The number of Topliss-reactive ketones (excluding diaryl/α,β-unsaturated/α-hetero) is 1. The van der Waals surface area contributed by atoms with Crippen molar-refractivity contribution in [1.29, 1.82) is 0 Å². The summed E-state index contributed by atoms with van der Waals surface area (Å²) in [5, 5.41) is 11.7. The third-order valence-electron chi connectivity index (χ3n) is 9.52. The number of ether oxygens (including phenoxy) is 1. The van der Waals surface area contributed by atoms with Gasteiger partial charge in [0.25, 0.3) is 0 Å². The Labute approximate surface area is 186 Å². The molecular weight excluding hydrogens is 392 g/mol. The first-order valence-corrected chi connectivity index (χ1v) is 12.0. The van der Waals surface area contributed by atoms with Crippen molar-refractivity contribution in [2.24, 2.45) is 34.0 Å². The summed E-state index contributed by atoms with van der Waals surface area (Å²) in [5.74, 6) is 0.758. The Hall–Kier alpha value is -1.49. The van der Waals surface area contributed by atoms with E-state index in [0.29, 0.717) is 24.7 Å². The van der Waals surface area contributed by atoms with Gasteiger partial charge in [0.05, 0.1) is 5.41 Å². The fraction of sp³-hybridized carbons (Fsp3) is 0.808. The van der Waals surface area contributed by atoms with E-state index < -0.39 is 22.4 Å². The van der Waals surface area contributed by atoms with E-state index in [1.54, 1.807) is 20.8 Å². The zero-order valence-corrected chi connectivity index (χ0v) is 19.8. The van der Waals surface area contributed by atoms with Crippen LogP contribution in [0.25, 0.3) is 0 Å². The van der Waals surface area contributed by atoms with Gasteiger partial charge in [-0.15, -0.1) is 0 Å². The molecule has 0 bridgehead atoms. The van der Waals surface area contributed by atoms with Crippen LogP contribution in [0.4, 0.5) is 0 Å². The molecule has 3 fully saturated rings. The molecule has 172 valence electrons. The van der Waals surface area contributed by atoms with Gasteiger partial charge in [-0.05, 0) is 95.0 Å². The smallest absolute Gasteiger partial charge is 0.311 e. The van der Waals surface area contributed by atoms with Crippen LogP contribution in [0.1, 0.15) is 86.0 Å². The summed E-state index contributed by atoms with van der Waals surface area (Å²) in [5.41, 5.74) is -1.19. The largest absolute Gasteiger partial charge is 0.457 e. The molecule has 0 radical (unpaired) electrons. The van der Waals surface area contributed by atoms with Crippen LogP contribution in [0.15, 0.2) is 11.6 Å². The molecule has 0 aromatic carbocycles. The van der Waals surface area contributed by atoms with Gasteiger partial charge in [0.2, 0.25) is 5.78 Å². The highest BCUT2D eigenvalue weighted by Crippen LogP contribution is 2.67. The number of allylic oxidation sites excluding steroid dienone is 1. The Balaban J connectivity index is 1.54. The zero-order chi connectivity index (χ0) is 22.8. The molecule has 4 aliphatic rings. The Kier molecular flexibility index (Phi) is 5.32. The molecule has 0 amide bonds. The molecule has 4 aliphatic carbocycles. The first-order valence-electron chi connectivity index (χ1n) is 12.0. The van der Waals surface area contributed by atoms with Crippen LogP contribution in [0, 0.1) is 34.0 Å². The third kappa shape index (κ3) is 3.34. The van der Waals surface area contributed by atoms with Crippen LogP contribution in [0.3, 0.4) is 0 Å². The van der Waals surface area contributed by atoms with E-state index in [0.717, 1.165) is 38.5 Å². The molecule has 3 saturated carbocycles. The minimum absolute atomic E-state index is 0.0745. The van der Waals surface area contributed by atoms with E-state index in [1.165, 1.54) is 5.57 Å². The lowest BCUT2D eigenvalue weighted by Gasteiger charge is -2.58. The Morgan fingerprint density at radius 1 is 1.06 bits per heavy atom. The first-order chi connectivity index (χ1) is 14.3. The number of carbonyl (C=O) groups excluding carboxylic acids is 3. The molecule has 0 saturated heterocycles. The number of rotatable bonds is 3. The minimum atomic E-state index is -1.43. The molecular formula is C26H38O5. The van der Waals surface area contributed by atoms with E-state index >= 15 is 0 Å². The lowest BCUT2D eigenvalue weighted by atomic mass is 9.46. The molecule has 5 heteroatoms. The van der Waals surface area contributed by atoms with Crippen LogP contribution >= 0.6 is 0 Å². The molecule has 6 atom stereocenters.